The average Bonchev–Trinajstić information content (AvgIpc) is 2.76. The second-order valence-corrected chi connectivity index (χ2v) is 7.73. The fourth-order valence-corrected chi connectivity index (χ4v) is 4.36. The monoisotopic (exact) mass is 360 g/mol. The van der Waals surface area contributed by atoms with E-state index in [0.29, 0.717) is 11.3 Å². The Kier molecular flexibility index (Phi) is 4.29. The van der Waals surface area contributed by atoms with Crippen molar-refractivity contribution in [2.75, 3.05) is 5.73 Å². The molecule has 2 rings (SSSR count). The van der Waals surface area contributed by atoms with E-state index in [4.69, 9.17) is 5.73 Å². The number of halogens is 1. The van der Waals surface area contributed by atoms with Crippen molar-refractivity contribution in [3.63, 3.8) is 0 Å². The number of hydrogen-bond donors (Lipinski definition) is 2. The first-order chi connectivity index (χ1) is 8.88. The van der Waals surface area contributed by atoms with Gasteiger partial charge in [0.05, 0.1) is 4.90 Å². The van der Waals surface area contributed by atoms with Gasteiger partial charge in [0, 0.05) is 27.0 Å². The Labute approximate surface area is 124 Å². The third kappa shape index (κ3) is 3.56. The summed E-state index contributed by atoms with van der Waals surface area (Å²) in [7, 11) is -3.54. The van der Waals surface area contributed by atoms with Crippen LogP contribution >= 0.6 is 27.3 Å². The van der Waals surface area contributed by atoms with E-state index < -0.39 is 10.0 Å². The molecule has 4 nitrogen and oxygen atoms in total. The fraction of sp³-hybridized carbons (Fsp3) is 0.167. The highest BCUT2D eigenvalue weighted by Crippen LogP contribution is 2.21. The topological polar surface area (TPSA) is 72.2 Å². The molecular formula is C12H13BrN2O2S2. The number of anilines is 1. The molecule has 0 atom stereocenters. The van der Waals surface area contributed by atoms with Gasteiger partial charge < -0.3 is 5.73 Å². The molecular weight excluding hydrogens is 348 g/mol. The van der Waals surface area contributed by atoms with Gasteiger partial charge in [-0.3, -0.25) is 0 Å². The number of sulfonamides is 1. The highest BCUT2D eigenvalue weighted by Gasteiger charge is 2.17. The molecule has 0 aliphatic heterocycles. The fourth-order valence-electron chi connectivity index (χ4n) is 1.60. The van der Waals surface area contributed by atoms with E-state index in [1.54, 1.807) is 19.1 Å². The molecule has 19 heavy (non-hydrogen) atoms. The van der Waals surface area contributed by atoms with Crippen molar-refractivity contribution >= 4 is 43.0 Å². The number of nitrogen functional groups attached to an aromatic ring is 1. The van der Waals surface area contributed by atoms with Crippen LogP contribution in [0.2, 0.25) is 0 Å². The second-order valence-electron chi connectivity index (χ2n) is 4.08. The first-order valence-corrected chi connectivity index (χ1v) is 8.63. The number of thiophene rings is 1. The van der Waals surface area contributed by atoms with Crippen LogP contribution in [-0.4, -0.2) is 8.42 Å². The summed E-state index contributed by atoms with van der Waals surface area (Å²) >= 11 is 4.83. The van der Waals surface area contributed by atoms with Crippen LogP contribution in [0, 0.1) is 6.92 Å². The van der Waals surface area contributed by atoms with E-state index in [1.807, 2.05) is 11.4 Å². The lowest BCUT2D eigenvalue weighted by Gasteiger charge is -2.09. The second kappa shape index (κ2) is 5.62. The molecule has 0 unspecified atom stereocenters. The molecule has 0 aliphatic carbocycles. The maximum Gasteiger partial charge on any atom is 0.241 e. The van der Waals surface area contributed by atoms with Crippen molar-refractivity contribution in [3.05, 3.63) is 44.6 Å². The lowest BCUT2D eigenvalue weighted by Crippen LogP contribution is -2.23. The number of nitrogens with one attached hydrogen (secondary N) is 1. The Hall–Kier alpha value is -0.890. The molecule has 0 saturated carbocycles. The Morgan fingerprint density at radius 2 is 2.11 bits per heavy atom. The van der Waals surface area contributed by atoms with Crippen LogP contribution in [0.3, 0.4) is 0 Å². The van der Waals surface area contributed by atoms with Crippen LogP contribution < -0.4 is 10.5 Å². The Morgan fingerprint density at radius 3 is 2.74 bits per heavy atom. The predicted octanol–water partition coefficient (Wildman–Crippen LogP) is 2.88. The molecule has 2 aromatic rings. The van der Waals surface area contributed by atoms with E-state index in [2.05, 4.69) is 20.7 Å². The average molecular weight is 361 g/mol. The molecule has 3 N–H and O–H groups in total. The van der Waals surface area contributed by atoms with E-state index in [9.17, 15) is 8.42 Å². The summed E-state index contributed by atoms with van der Waals surface area (Å²) < 4.78 is 28.0. The van der Waals surface area contributed by atoms with Gasteiger partial charge in [-0.2, -0.15) is 0 Å². The summed E-state index contributed by atoms with van der Waals surface area (Å²) in [4.78, 5) is 1.17. The van der Waals surface area contributed by atoms with Gasteiger partial charge in [0.2, 0.25) is 10.0 Å². The van der Waals surface area contributed by atoms with Crippen molar-refractivity contribution in [2.24, 2.45) is 0 Å². The number of nitrogens with two attached hydrogens (primary N) is 1. The van der Waals surface area contributed by atoms with E-state index in [-0.39, 0.29) is 11.4 Å². The molecule has 0 aliphatic rings. The zero-order valence-electron chi connectivity index (χ0n) is 10.2. The van der Waals surface area contributed by atoms with Crippen molar-refractivity contribution in [2.45, 2.75) is 18.4 Å². The third-order valence-electron chi connectivity index (χ3n) is 2.56. The van der Waals surface area contributed by atoms with Gasteiger partial charge in [0.15, 0.2) is 0 Å². The summed E-state index contributed by atoms with van der Waals surface area (Å²) in [5.74, 6) is 0. The minimum atomic E-state index is -3.54. The van der Waals surface area contributed by atoms with E-state index >= 15 is 0 Å². The maximum atomic E-state index is 12.2. The van der Waals surface area contributed by atoms with Gasteiger partial charge >= 0.3 is 0 Å². The van der Waals surface area contributed by atoms with Gasteiger partial charge in [-0.05, 0) is 46.6 Å². The molecule has 0 spiro atoms. The lowest BCUT2D eigenvalue weighted by atomic mass is 10.2. The van der Waals surface area contributed by atoms with Crippen LogP contribution in [0.25, 0.3) is 0 Å². The largest absolute Gasteiger partial charge is 0.399 e. The van der Waals surface area contributed by atoms with Crippen LogP contribution in [0.15, 0.2) is 39.0 Å². The van der Waals surface area contributed by atoms with Crippen molar-refractivity contribution in [1.29, 1.82) is 0 Å². The SMILES string of the molecule is Cc1ccc(N)cc1S(=O)(=O)NCc1cc(Br)cs1. The Balaban J connectivity index is 2.20. The number of hydrogen-bond acceptors (Lipinski definition) is 4. The van der Waals surface area contributed by atoms with Crippen LogP contribution in [0.4, 0.5) is 5.69 Å². The van der Waals surface area contributed by atoms with Gasteiger partial charge in [-0.15, -0.1) is 11.3 Å². The number of rotatable bonds is 4. The highest BCUT2D eigenvalue weighted by molar-refractivity contribution is 9.10. The smallest absolute Gasteiger partial charge is 0.241 e. The minimum Gasteiger partial charge on any atom is -0.399 e. The van der Waals surface area contributed by atoms with Crippen LogP contribution in [0.1, 0.15) is 10.4 Å². The number of benzene rings is 1. The first kappa shape index (κ1) is 14.5. The van der Waals surface area contributed by atoms with Crippen molar-refractivity contribution in [1.82, 2.24) is 4.72 Å². The zero-order valence-corrected chi connectivity index (χ0v) is 13.4. The maximum absolute atomic E-state index is 12.2. The van der Waals surface area contributed by atoms with Crippen LogP contribution in [-0.2, 0) is 16.6 Å². The predicted molar refractivity (Wildman–Crippen MR) is 81.6 cm³/mol. The number of aryl methyl sites for hydroxylation is 1. The quantitative estimate of drug-likeness (QED) is 0.823. The summed E-state index contributed by atoms with van der Waals surface area (Å²) in [6.45, 7) is 2.02. The molecule has 1 aromatic carbocycles. The standard InChI is InChI=1S/C12H13BrN2O2S2/c1-8-2-3-10(14)5-12(8)19(16,17)15-6-11-4-9(13)7-18-11/h2-5,7,15H,6,14H2,1H3. The van der Waals surface area contributed by atoms with Gasteiger partial charge in [-0.25, -0.2) is 13.1 Å². The normalized spacial score (nSPS) is 11.7. The van der Waals surface area contributed by atoms with Gasteiger partial charge in [-0.1, -0.05) is 6.07 Å². The highest BCUT2D eigenvalue weighted by atomic mass is 79.9. The summed E-state index contributed by atoms with van der Waals surface area (Å²) in [5, 5.41) is 1.91. The molecule has 1 heterocycles. The Bertz CT molecular complexity index is 696. The van der Waals surface area contributed by atoms with Crippen LogP contribution in [0.5, 0.6) is 0 Å². The molecule has 0 fully saturated rings. The van der Waals surface area contributed by atoms with Crippen molar-refractivity contribution < 1.29 is 8.42 Å². The van der Waals surface area contributed by atoms with Gasteiger partial charge in [0.25, 0.3) is 0 Å². The third-order valence-corrected chi connectivity index (χ3v) is 5.80. The molecule has 102 valence electrons. The van der Waals surface area contributed by atoms with Gasteiger partial charge in [0.1, 0.15) is 0 Å². The molecule has 1 aromatic heterocycles. The van der Waals surface area contributed by atoms with E-state index in [0.717, 1.165) is 9.35 Å². The minimum absolute atomic E-state index is 0.225. The molecule has 0 bridgehead atoms. The Morgan fingerprint density at radius 1 is 1.37 bits per heavy atom. The lowest BCUT2D eigenvalue weighted by molar-refractivity contribution is 0.581. The molecule has 7 heteroatoms. The molecule has 0 amide bonds. The molecule has 0 radical (unpaired) electrons. The van der Waals surface area contributed by atoms with E-state index in [1.165, 1.54) is 17.4 Å². The summed E-state index contributed by atoms with van der Waals surface area (Å²) in [5.41, 5.74) is 6.75. The first-order valence-electron chi connectivity index (χ1n) is 5.47. The summed E-state index contributed by atoms with van der Waals surface area (Å²) in [6.07, 6.45) is 0. The summed E-state index contributed by atoms with van der Waals surface area (Å²) in [6, 6.07) is 6.75. The zero-order chi connectivity index (χ0) is 14.0. The van der Waals surface area contributed by atoms with Crippen molar-refractivity contribution in [3.8, 4) is 0 Å². The molecule has 0 saturated heterocycles.